The van der Waals surface area contributed by atoms with Crippen LogP contribution in [0.2, 0.25) is 0 Å². The maximum Gasteiger partial charge on any atom is -0.0225 e. The molecule has 76 valence electrons. The lowest BCUT2D eigenvalue weighted by Crippen LogP contribution is -1.93. The largest absolute Gasteiger partial charge is 0.0842 e. The molecule has 0 aromatic heterocycles. The topological polar surface area (TPSA) is 0 Å². The van der Waals surface area contributed by atoms with Gasteiger partial charge in [-0.1, -0.05) is 25.1 Å². The average molecular weight is 188 g/mol. The van der Waals surface area contributed by atoms with Crippen LogP contribution in [0.3, 0.4) is 0 Å². The van der Waals surface area contributed by atoms with Gasteiger partial charge >= 0.3 is 0 Å². The summed E-state index contributed by atoms with van der Waals surface area (Å²) in [7, 11) is 0. The molecule has 0 aliphatic heterocycles. The summed E-state index contributed by atoms with van der Waals surface area (Å²) in [4.78, 5) is 0. The fourth-order valence-electron chi connectivity index (χ4n) is 1.66. The minimum Gasteiger partial charge on any atom is -0.0842 e. The third kappa shape index (κ3) is 2.06. The first-order valence-electron chi connectivity index (χ1n) is 5.31. The Hall–Kier alpha value is -1.04. The van der Waals surface area contributed by atoms with Crippen LogP contribution in [0.5, 0.6) is 0 Å². The van der Waals surface area contributed by atoms with E-state index in [1.165, 1.54) is 27.8 Å². The van der Waals surface area contributed by atoms with Gasteiger partial charge in [0, 0.05) is 0 Å². The van der Waals surface area contributed by atoms with Crippen molar-refractivity contribution >= 4 is 6.08 Å². The molecule has 0 atom stereocenters. The van der Waals surface area contributed by atoms with Crippen LogP contribution in [0.1, 0.15) is 41.2 Å². The fourth-order valence-corrected chi connectivity index (χ4v) is 1.66. The number of benzene rings is 1. The molecule has 0 nitrogen and oxygen atoms in total. The molecular formula is C14H20. The Labute approximate surface area is 87.7 Å². The molecule has 0 bridgehead atoms. The summed E-state index contributed by atoms with van der Waals surface area (Å²) in [6, 6.07) is 2.28. The van der Waals surface area contributed by atoms with Gasteiger partial charge in [0.15, 0.2) is 0 Å². The Bertz CT molecular complexity index is 357. The van der Waals surface area contributed by atoms with Crippen LogP contribution >= 0.6 is 0 Å². The van der Waals surface area contributed by atoms with Crippen LogP contribution in [-0.4, -0.2) is 0 Å². The van der Waals surface area contributed by atoms with Gasteiger partial charge in [0.1, 0.15) is 0 Å². The SMILES string of the molecule is CCC=Cc1cc(C)c(C)c(C)c1C. The second kappa shape index (κ2) is 4.45. The summed E-state index contributed by atoms with van der Waals surface area (Å²) in [5.41, 5.74) is 7.03. The normalized spacial score (nSPS) is 11.2. The molecule has 1 aromatic rings. The quantitative estimate of drug-likeness (QED) is 0.647. The first-order chi connectivity index (χ1) is 6.57. The van der Waals surface area contributed by atoms with Crippen molar-refractivity contribution in [1.29, 1.82) is 0 Å². The molecule has 0 radical (unpaired) electrons. The smallest absolute Gasteiger partial charge is 0.0225 e. The van der Waals surface area contributed by atoms with Crippen LogP contribution in [0.25, 0.3) is 6.08 Å². The molecule has 0 heterocycles. The molecule has 0 unspecified atom stereocenters. The lowest BCUT2D eigenvalue weighted by molar-refractivity contribution is 1.20. The molecule has 0 aliphatic rings. The van der Waals surface area contributed by atoms with E-state index in [-0.39, 0.29) is 0 Å². The van der Waals surface area contributed by atoms with Crippen molar-refractivity contribution in [2.45, 2.75) is 41.0 Å². The predicted octanol–water partition coefficient (Wildman–Crippen LogP) is 4.34. The molecule has 0 saturated heterocycles. The van der Waals surface area contributed by atoms with Gasteiger partial charge in [-0.25, -0.2) is 0 Å². The Balaban J connectivity index is 3.26. The molecule has 0 amide bonds. The van der Waals surface area contributed by atoms with E-state index in [0.29, 0.717) is 0 Å². The summed E-state index contributed by atoms with van der Waals surface area (Å²) in [5.74, 6) is 0. The van der Waals surface area contributed by atoms with E-state index in [9.17, 15) is 0 Å². The zero-order valence-corrected chi connectivity index (χ0v) is 9.94. The Morgan fingerprint density at radius 1 is 1.00 bits per heavy atom. The highest BCUT2D eigenvalue weighted by Crippen LogP contribution is 2.22. The molecule has 0 saturated carbocycles. The third-order valence-corrected chi connectivity index (χ3v) is 3.05. The van der Waals surface area contributed by atoms with Crippen molar-refractivity contribution in [1.82, 2.24) is 0 Å². The summed E-state index contributed by atoms with van der Waals surface area (Å²) >= 11 is 0. The lowest BCUT2D eigenvalue weighted by Gasteiger charge is -2.11. The van der Waals surface area contributed by atoms with Crippen LogP contribution in [0.15, 0.2) is 12.1 Å². The van der Waals surface area contributed by atoms with Crippen molar-refractivity contribution in [3.8, 4) is 0 Å². The van der Waals surface area contributed by atoms with Crippen molar-refractivity contribution < 1.29 is 0 Å². The van der Waals surface area contributed by atoms with Crippen LogP contribution in [0, 0.1) is 27.7 Å². The van der Waals surface area contributed by atoms with E-state index in [0.717, 1.165) is 6.42 Å². The van der Waals surface area contributed by atoms with E-state index in [1.807, 2.05) is 0 Å². The third-order valence-electron chi connectivity index (χ3n) is 3.05. The van der Waals surface area contributed by atoms with Gasteiger partial charge in [-0.2, -0.15) is 0 Å². The zero-order valence-electron chi connectivity index (χ0n) is 9.94. The molecule has 0 fully saturated rings. The maximum absolute atomic E-state index is 2.28. The number of hydrogen-bond donors (Lipinski definition) is 0. The molecule has 1 rings (SSSR count). The van der Waals surface area contributed by atoms with E-state index >= 15 is 0 Å². The fraction of sp³-hybridized carbons (Fsp3) is 0.429. The molecule has 0 heteroatoms. The van der Waals surface area contributed by atoms with Gasteiger partial charge in [0.25, 0.3) is 0 Å². The van der Waals surface area contributed by atoms with Gasteiger partial charge in [-0.15, -0.1) is 0 Å². The van der Waals surface area contributed by atoms with Crippen molar-refractivity contribution in [3.63, 3.8) is 0 Å². The highest BCUT2D eigenvalue weighted by atomic mass is 14.1. The highest BCUT2D eigenvalue weighted by molar-refractivity contribution is 5.58. The molecule has 1 aromatic carbocycles. The first kappa shape index (κ1) is 11.0. The van der Waals surface area contributed by atoms with Crippen LogP contribution in [-0.2, 0) is 0 Å². The number of allylic oxidation sites excluding steroid dienone is 1. The van der Waals surface area contributed by atoms with E-state index < -0.39 is 0 Å². The minimum atomic E-state index is 1.10. The Morgan fingerprint density at radius 3 is 2.21 bits per heavy atom. The molecule has 0 N–H and O–H groups in total. The number of aryl methyl sites for hydroxylation is 1. The summed E-state index contributed by atoms with van der Waals surface area (Å²) < 4.78 is 0. The van der Waals surface area contributed by atoms with Gasteiger partial charge < -0.3 is 0 Å². The first-order valence-corrected chi connectivity index (χ1v) is 5.31. The van der Waals surface area contributed by atoms with E-state index in [1.54, 1.807) is 0 Å². The zero-order chi connectivity index (χ0) is 10.7. The Kier molecular flexibility index (Phi) is 3.51. The lowest BCUT2D eigenvalue weighted by atomic mass is 9.94. The molecule has 0 spiro atoms. The predicted molar refractivity (Wildman–Crippen MR) is 64.7 cm³/mol. The highest BCUT2D eigenvalue weighted by Gasteiger charge is 2.04. The van der Waals surface area contributed by atoms with E-state index in [2.05, 4.69) is 52.8 Å². The van der Waals surface area contributed by atoms with Gasteiger partial charge in [-0.05, 0) is 61.9 Å². The van der Waals surface area contributed by atoms with Gasteiger partial charge in [0.05, 0.1) is 0 Å². The average Bonchev–Trinajstić information content (AvgIpc) is 2.18. The molecule has 0 aliphatic carbocycles. The Morgan fingerprint density at radius 2 is 1.64 bits per heavy atom. The summed E-state index contributed by atoms with van der Waals surface area (Å²) in [6.07, 6.45) is 5.55. The van der Waals surface area contributed by atoms with Crippen LogP contribution in [0.4, 0.5) is 0 Å². The maximum atomic E-state index is 2.28. The minimum absolute atomic E-state index is 1.10. The van der Waals surface area contributed by atoms with E-state index in [4.69, 9.17) is 0 Å². The second-order valence-electron chi connectivity index (χ2n) is 3.97. The monoisotopic (exact) mass is 188 g/mol. The molecule has 14 heavy (non-hydrogen) atoms. The summed E-state index contributed by atoms with van der Waals surface area (Å²) in [6.45, 7) is 11.0. The van der Waals surface area contributed by atoms with Crippen molar-refractivity contribution in [3.05, 3.63) is 40.0 Å². The number of hydrogen-bond acceptors (Lipinski definition) is 0. The van der Waals surface area contributed by atoms with Crippen LogP contribution < -0.4 is 0 Å². The summed E-state index contributed by atoms with van der Waals surface area (Å²) in [5, 5.41) is 0. The number of rotatable bonds is 2. The second-order valence-corrected chi connectivity index (χ2v) is 3.97. The van der Waals surface area contributed by atoms with Gasteiger partial charge in [-0.3, -0.25) is 0 Å². The van der Waals surface area contributed by atoms with Crippen molar-refractivity contribution in [2.24, 2.45) is 0 Å². The standard InChI is InChI=1S/C14H20/c1-6-7-8-14-9-10(2)11(3)12(4)13(14)5/h7-9H,6H2,1-5H3. The molecular weight excluding hydrogens is 168 g/mol. The van der Waals surface area contributed by atoms with Gasteiger partial charge in [0.2, 0.25) is 0 Å². The van der Waals surface area contributed by atoms with Crippen molar-refractivity contribution in [2.75, 3.05) is 0 Å².